The lowest BCUT2D eigenvalue weighted by Gasteiger charge is -2.23. The van der Waals surface area contributed by atoms with Gasteiger partial charge in [-0.1, -0.05) is 97.3 Å². The summed E-state index contributed by atoms with van der Waals surface area (Å²) in [6.07, 6.45) is 14.6. The molecular formula is C26H44O2. The lowest BCUT2D eigenvalue weighted by molar-refractivity contribution is 0.0226. The van der Waals surface area contributed by atoms with Crippen LogP contribution < -0.4 is 0 Å². The van der Waals surface area contributed by atoms with Crippen LogP contribution in [0.25, 0.3) is 0 Å². The number of rotatable bonds is 16. The maximum atomic E-state index is 12.6. The van der Waals surface area contributed by atoms with Crippen molar-refractivity contribution in [1.82, 2.24) is 0 Å². The van der Waals surface area contributed by atoms with Crippen LogP contribution in [0.2, 0.25) is 0 Å². The molecule has 160 valence electrons. The fraction of sp³-hybridized carbons (Fsp3) is 0.731. The van der Waals surface area contributed by atoms with E-state index in [9.17, 15) is 4.79 Å². The van der Waals surface area contributed by atoms with Gasteiger partial charge in [0, 0.05) is 0 Å². The minimum absolute atomic E-state index is 0.0547. The standard InChI is InChI=1S/C26H44O2/c1-5-9-14-22(7-3)18-20-25(21-19-23(8-4)15-10-6-2)28-26(27)24-16-12-11-13-17-24/h11-13,16-17,22-23,25H,5-10,14-15,18-21H2,1-4H3/t22-,23-/m1/s1. The van der Waals surface area contributed by atoms with E-state index in [1.165, 1.54) is 64.2 Å². The second-order valence-electron chi connectivity index (χ2n) is 8.38. The van der Waals surface area contributed by atoms with Gasteiger partial charge in [-0.3, -0.25) is 0 Å². The largest absolute Gasteiger partial charge is 0.459 e. The molecule has 0 radical (unpaired) electrons. The van der Waals surface area contributed by atoms with E-state index in [4.69, 9.17) is 4.74 Å². The molecule has 0 saturated carbocycles. The summed E-state index contributed by atoms with van der Waals surface area (Å²) in [4.78, 5) is 12.6. The van der Waals surface area contributed by atoms with Crippen molar-refractivity contribution in [2.75, 3.05) is 0 Å². The third-order valence-corrected chi connectivity index (χ3v) is 6.16. The second kappa shape index (κ2) is 15.6. The first-order valence-electron chi connectivity index (χ1n) is 11.9. The Balaban J connectivity index is 2.65. The van der Waals surface area contributed by atoms with E-state index >= 15 is 0 Å². The van der Waals surface area contributed by atoms with Crippen molar-refractivity contribution in [3.8, 4) is 0 Å². The van der Waals surface area contributed by atoms with Crippen molar-refractivity contribution in [1.29, 1.82) is 0 Å². The highest BCUT2D eigenvalue weighted by Gasteiger charge is 2.19. The van der Waals surface area contributed by atoms with E-state index in [1.54, 1.807) is 0 Å². The molecule has 0 aliphatic carbocycles. The molecule has 2 nitrogen and oxygen atoms in total. The Labute approximate surface area is 174 Å². The molecular weight excluding hydrogens is 344 g/mol. The molecule has 0 amide bonds. The molecule has 0 saturated heterocycles. The van der Waals surface area contributed by atoms with Crippen LogP contribution in [0.5, 0.6) is 0 Å². The summed E-state index contributed by atoms with van der Waals surface area (Å²) < 4.78 is 6.00. The van der Waals surface area contributed by atoms with Crippen molar-refractivity contribution >= 4 is 5.97 Å². The van der Waals surface area contributed by atoms with Gasteiger partial charge in [0.1, 0.15) is 6.10 Å². The van der Waals surface area contributed by atoms with Crippen molar-refractivity contribution < 1.29 is 9.53 Å². The zero-order valence-electron chi connectivity index (χ0n) is 18.9. The quantitative estimate of drug-likeness (QED) is 0.267. The average molecular weight is 389 g/mol. The number of hydrogen-bond donors (Lipinski definition) is 0. The van der Waals surface area contributed by atoms with Crippen LogP contribution in [0.3, 0.4) is 0 Å². The molecule has 28 heavy (non-hydrogen) atoms. The molecule has 0 heterocycles. The lowest BCUT2D eigenvalue weighted by Crippen LogP contribution is -2.21. The Morgan fingerprint density at radius 3 is 1.68 bits per heavy atom. The Hall–Kier alpha value is -1.31. The van der Waals surface area contributed by atoms with Crippen LogP contribution in [-0.4, -0.2) is 12.1 Å². The molecule has 0 spiro atoms. The topological polar surface area (TPSA) is 26.3 Å². The van der Waals surface area contributed by atoms with E-state index in [-0.39, 0.29) is 12.1 Å². The first-order valence-corrected chi connectivity index (χ1v) is 11.9. The van der Waals surface area contributed by atoms with E-state index < -0.39 is 0 Å². The molecule has 0 unspecified atom stereocenters. The third kappa shape index (κ3) is 10.3. The molecule has 0 aliphatic heterocycles. The Kier molecular flexibility index (Phi) is 13.8. The van der Waals surface area contributed by atoms with Crippen molar-refractivity contribution in [2.45, 2.75) is 111 Å². The van der Waals surface area contributed by atoms with E-state index in [0.29, 0.717) is 5.56 Å². The van der Waals surface area contributed by atoms with E-state index in [2.05, 4.69) is 27.7 Å². The monoisotopic (exact) mass is 388 g/mol. The molecule has 2 atom stereocenters. The predicted octanol–water partition coefficient (Wildman–Crippen LogP) is 8.21. The van der Waals surface area contributed by atoms with Crippen LogP contribution in [0, 0.1) is 11.8 Å². The molecule has 0 aromatic heterocycles. The normalized spacial score (nSPS) is 13.5. The predicted molar refractivity (Wildman–Crippen MR) is 121 cm³/mol. The summed E-state index contributed by atoms with van der Waals surface area (Å²) in [7, 11) is 0. The number of carbonyl (C=O) groups excluding carboxylic acids is 1. The fourth-order valence-corrected chi connectivity index (χ4v) is 3.99. The van der Waals surface area contributed by atoms with Gasteiger partial charge in [-0.2, -0.15) is 0 Å². The number of hydrogen-bond acceptors (Lipinski definition) is 2. The first kappa shape index (κ1) is 24.7. The third-order valence-electron chi connectivity index (χ3n) is 6.16. The van der Waals surface area contributed by atoms with Gasteiger partial charge in [-0.05, 0) is 49.7 Å². The molecule has 0 aliphatic rings. The highest BCUT2D eigenvalue weighted by molar-refractivity contribution is 5.89. The summed E-state index contributed by atoms with van der Waals surface area (Å²) in [6.45, 7) is 9.11. The molecule has 1 rings (SSSR count). The van der Waals surface area contributed by atoms with Gasteiger partial charge in [0.15, 0.2) is 0 Å². The van der Waals surface area contributed by atoms with Crippen molar-refractivity contribution in [3.63, 3.8) is 0 Å². The molecule has 1 aromatic carbocycles. The average Bonchev–Trinajstić information content (AvgIpc) is 2.74. The first-order chi connectivity index (χ1) is 13.6. The summed E-state index contributed by atoms with van der Waals surface area (Å²) in [5.74, 6) is 1.37. The summed E-state index contributed by atoms with van der Waals surface area (Å²) in [5, 5.41) is 0. The zero-order chi connectivity index (χ0) is 20.6. The maximum absolute atomic E-state index is 12.6. The lowest BCUT2D eigenvalue weighted by atomic mass is 9.89. The number of ether oxygens (including phenoxy) is 1. The van der Waals surface area contributed by atoms with Gasteiger partial charge < -0.3 is 4.74 Å². The van der Waals surface area contributed by atoms with Crippen LogP contribution in [-0.2, 0) is 4.74 Å². The molecule has 2 heteroatoms. The van der Waals surface area contributed by atoms with Gasteiger partial charge in [0.2, 0.25) is 0 Å². The van der Waals surface area contributed by atoms with Gasteiger partial charge in [-0.15, -0.1) is 0 Å². The SMILES string of the molecule is CCCC[C@@H](CC)CCC(CC[C@H](CC)CCCC)OC(=O)c1ccccc1. The number of benzene rings is 1. The number of carbonyl (C=O) groups is 1. The molecule has 0 bridgehead atoms. The second-order valence-corrected chi connectivity index (χ2v) is 8.38. The van der Waals surface area contributed by atoms with E-state index in [0.717, 1.165) is 24.7 Å². The summed E-state index contributed by atoms with van der Waals surface area (Å²) in [5.41, 5.74) is 0.670. The highest BCUT2D eigenvalue weighted by atomic mass is 16.5. The smallest absolute Gasteiger partial charge is 0.338 e. The van der Waals surface area contributed by atoms with Crippen LogP contribution in [0.1, 0.15) is 115 Å². The fourth-order valence-electron chi connectivity index (χ4n) is 3.99. The number of unbranched alkanes of at least 4 members (excludes halogenated alkanes) is 2. The molecule has 0 N–H and O–H groups in total. The minimum Gasteiger partial charge on any atom is -0.459 e. The maximum Gasteiger partial charge on any atom is 0.338 e. The van der Waals surface area contributed by atoms with Crippen LogP contribution in [0.15, 0.2) is 30.3 Å². The molecule has 0 fully saturated rings. The Bertz CT molecular complexity index is 476. The van der Waals surface area contributed by atoms with Gasteiger partial charge in [-0.25, -0.2) is 4.79 Å². The zero-order valence-corrected chi connectivity index (χ0v) is 18.9. The highest BCUT2D eigenvalue weighted by Crippen LogP contribution is 2.25. The van der Waals surface area contributed by atoms with Crippen LogP contribution >= 0.6 is 0 Å². The summed E-state index contributed by atoms with van der Waals surface area (Å²) in [6, 6.07) is 9.45. The minimum atomic E-state index is -0.159. The van der Waals surface area contributed by atoms with Gasteiger partial charge in [0.05, 0.1) is 5.56 Å². The van der Waals surface area contributed by atoms with Crippen LogP contribution in [0.4, 0.5) is 0 Å². The Morgan fingerprint density at radius 2 is 1.25 bits per heavy atom. The van der Waals surface area contributed by atoms with Crippen molar-refractivity contribution in [3.05, 3.63) is 35.9 Å². The summed E-state index contributed by atoms with van der Waals surface area (Å²) >= 11 is 0. The molecule has 1 aromatic rings. The van der Waals surface area contributed by atoms with E-state index in [1.807, 2.05) is 30.3 Å². The van der Waals surface area contributed by atoms with Gasteiger partial charge in [0.25, 0.3) is 0 Å². The van der Waals surface area contributed by atoms with Gasteiger partial charge >= 0.3 is 5.97 Å². The Morgan fingerprint density at radius 1 is 0.750 bits per heavy atom. The number of esters is 1. The van der Waals surface area contributed by atoms with Crippen molar-refractivity contribution in [2.24, 2.45) is 11.8 Å².